The topological polar surface area (TPSA) is 85.0 Å². The Hall–Kier alpha value is -1.50. The van der Waals surface area contributed by atoms with E-state index in [0.717, 1.165) is 0 Å². The van der Waals surface area contributed by atoms with Crippen LogP contribution in [-0.2, 0) is 4.79 Å². The third-order valence-electron chi connectivity index (χ3n) is 2.95. The zero-order valence-corrected chi connectivity index (χ0v) is 13.1. The number of nitrogens with two attached hydrogens (primary N) is 1. The van der Waals surface area contributed by atoms with Gasteiger partial charge in [0.1, 0.15) is 30.8 Å². The van der Waals surface area contributed by atoms with Gasteiger partial charge in [0.25, 0.3) is 0 Å². The second-order valence-electron chi connectivity index (χ2n) is 5.55. The van der Waals surface area contributed by atoms with Crippen molar-refractivity contribution in [3.8, 4) is 11.5 Å². The maximum Gasteiger partial charge on any atom is 0.247 e. The Balaban J connectivity index is 0.00000220. The Labute approximate surface area is 130 Å². The average molecular weight is 317 g/mol. The van der Waals surface area contributed by atoms with Crippen molar-refractivity contribution in [1.29, 1.82) is 0 Å². The van der Waals surface area contributed by atoms with Crippen LogP contribution in [0.2, 0.25) is 0 Å². The number of nitrogens with zero attached hydrogens (tertiary/aromatic N) is 1. The van der Waals surface area contributed by atoms with Gasteiger partial charge in [0.2, 0.25) is 5.91 Å². The fourth-order valence-corrected chi connectivity index (χ4v) is 1.85. The molecular weight excluding hydrogens is 296 g/mol. The van der Waals surface area contributed by atoms with E-state index in [1.165, 1.54) is 4.90 Å². The van der Waals surface area contributed by atoms with Crippen molar-refractivity contribution < 1.29 is 19.4 Å². The van der Waals surface area contributed by atoms with Crippen molar-refractivity contribution in [2.24, 2.45) is 5.73 Å². The number of benzene rings is 1. The molecule has 0 saturated heterocycles. The number of carbonyl (C=O) groups excluding carboxylic acids is 1. The number of halogens is 1. The minimum absolute atomic E-state index is 0. The second kappa shape index (κ2) is 6.51. The van der Waals surface area contributed by atoms with Gasteiger partial charge in [0.05, 0.1) is 11.3 Å². The Morgan fingerprint density at radius 2 is 2.19 bits per heavy atom. The predicted molar refractivity (Wildman–Crippen MR) is 82.4 cm³/mol. The SMILES string of the molecule is CN1C(=O)[C@@H](N)COc2ccc(OCC(C)(C)O)cc21.Cl. The van der Waals surface area contributed by atoms with Crippen molar-refractivity contribution in [1.82, 2.24) is 0 Å². The average Bonchev–Trinajstić information content (AvgIpc) is 2.49. The Bertz CT molecular complexity index is 516. The molecular formula is C14H21ClN2O4. The quantitative estimate of drug-likeness (QED) is 0.867. The van der Waals surface area contributed by atoms with E-state index in [1.54, 1.807) is 39.1 Å². The molecule has 1 amide bonds. The highest BCUT2D eigenvalue weighted by molar-refractivity contribution is 5.98. The van der Waals surface area contributed by atoms with Crippen LogP contribution in [0, 0.1) is 0 Å². The van der Waals surface area contributed by atoms with E-state index in [-0.39, 0.29) is 31.5 Å². The first kappa shape index (κ1) is 17.6. The Kier molecular flexibility index (Phi) is 5.44. The van der Waals surface area contributed by atoms with Crippen LogP contribution in [0.25, 0.3) is 0 Å². The summed E-state index contributed by atoms with van der Waals surface area (Å²) in [6, 6.07) is 4.50. The molecule has 1 aliphatic heterocycles. The molecule has 1 aliphatic rings. The molecule has 3 N–H and O–H groups in total. The molecule has 0 saturated carbocycles. The molecule has 7 heteroatoms. The minimum Gasteiger partial charge on any atom is -0.491 e. The van der Waals surface area contributed by atoms with Crippen molar-refractivity contribution >= 4 is 24.0 Å². The zero-order chi connectivity index (χ0) is 14.9. The molecule has 1 aromatic carbocycles. The summed E-state index contributed by atoms with van der Waals surface area (Å²) in [5, 5.41) is 9.66. The van der Waals surface area contributed by atoms with Crippen LogP contribution < -0.4 is 20.1 Å². The molecule has 1 aromatic rings. The number of anilines is 1. The number of aliphatic hydroxyl groups is 1. The summed E-state index contributed by atoms with van der Waals surface area (Å²) in [4.78, 5) is 13.4. The zero-order valence-electron chi connectivity index (χ0n) is 12.3. The summed E-state index contributed by atoms with van der Waals surface area (Å²) in [7, 11) is 1.65. The number of carbonyl (C=O) groups is 1. The molecule has 0 spiro atoms. The molecule has 21 heavy (non-hydrogen) atoms. The number of amides is 1. The van der Waals surface area contributed by atoms with Crippen LogP contribution in [0.5, 0.6) is 11.5 Å². The van der Waals surface area contributed by atoms with Crippen molar-refractivity contribution in [2.45, 2.75) is 25.5 Å². The van der Waals surface area contributed by atoms with Crippen LogP contribution in [0.3, 0.4) is 0 Å². The lowest BCUT2D eigenvalue weighted by Crippen LogP contribution is -2.43. The fraction of sp³-hybridized carbons (Fsp3) is 0.500. The predicted octanol–water partition coefficient (Wildman–Crippen LogP) is 0.941. The Morgan fingerprint density at radius 1 is 1.52 bits per heavy atom. The summed E-state index contributed by atoms with van der Waals surface area (Å²) < 4.78 is 11.0. The molecule has 118 valence electrons. The van der Waals surface area contributed by atoms with Crippen LogP contribution in [0.4, 0.5) is 5.69 Å². The number of hydrogen-bond donors (Lipinski definition) is 2. The van der Waals surface area contributed by atoms with E-state index >= 15 is 0 Å². The number of hydrogen-bond acceptors (Lipinski definition) is 5. The van der Waals surface area contributed by atoms with Gasteiger partial charge in [-0.05, 0) is 26.0 Å². The lowest BCUT2D eigenvalue weighted by molar-refractivity contribution is -0.119. The summed E-state index contributed by atoms with van der Waals surface area (Å²) in [6.07, 6.45) is 0. The highest BCUT2D eigenvalue weighted by Gasteiger charge is 2.27. The highest BCUT2D eigenvalue weighted by atomic mass is 35.5. The van der Waals surface area contributed by atoms with Gasteiger partial charge < -0.3 is 25.2 Å². The molecule has 0 aliphatic carbocycles. The first-order valence-electron chi connectivity index (χ1n) is 6.43. The molecule has 1 heterocycles. The van der Waals surface area contributed by atoms with Gasteiger partial charge in [-0.15, -0.1) is 12.4 Å². The Morgan fingerprint density at radius 3 is 2.81 bits per heavy atom. The van der Waals surface area contributed by atoms with Gasteiger partial charge in [0.15, 0.2) is 0 Å². The minimum atomic E-state index is -0.923. The molecule has 0 radical (unpaired) electrons. The summed E-state index contributed by atoms with van der Waals surface area (Å²) in [5.41, 5.74) is 5.41. The second-order valence-corrected chi connectivity index (χ2v) is 5.55. The lowest BCUT2D eigenvalue weighted by atomic mass is 10.2. The van der Waals surface area contributed by atoms with E-state index in [0.29, 0.717) is 17.2 Å². The molecule has 1 atom stereocenters. The van der Waals surface area contributed by atoms with Gasteiger partial charge in [0, 0.05) is 13.1 Å². The smallest absolute Gasteiger partial charge is 0.247 e. The molecule has 0 unspecified atom stereocenters. The lowest BCUT2D eigenvalue weighted by Gasteiger charge is -2.20. The van der Waals surface area contributed by atoms with Gasteiger partial charge in [-0.25, -0.2) is 0 Å². The number of ether oxygens (including phenoxy) is 2. The third kappa shape index (κ3) is 4.23. The van der Waals surface area contributed by atoms with E-state index in [9.17, 15) is 9.90 Å². The third-order valence-corrected chi connectivity index (χ3v) is 2.95. The first-order valence-corrected chi connectivity index (χ1v) is 6.43. The van der Waals surface area contributed by atoms with Gasteiger partial charge in [-0.1, -0.05) is 0 Å². The molecule has 6 nitrogen and oxygen atoms in total. The van der Waals surface area contributed by atoms with E-state index in [4.69, 9.17) is 15.2 Å². The molecule has 0 bridgehead atoms. The summed E-state index contributed by atoms with van der Waals surface area (Å²) in [5.74, 6) is 0.942. The van der Waals surface area contributed by atoms with Gasteiger partial charge in [-0.2, -0.15) is 0 Å². The summed E-state index contributed by atoms with van der Waals surface area (Å²) in [6.45, 7) is 3.63. The van der Waals surface area contributed by atoms with Crippen LogP contribution in [-0.4, -0.2) is 42.9 Å². The normalized spacial score (nSPS) is 18.2. The monoisotopic (exact) mass is 316 g/mol. The standard InChI is InChI=1S/C14H20N2O4.ClH/c1-14(2,18)8-20-9-4-5-12-11(6-9)16(3)13(17)10(15)7-19-12;/h4-6,10,18H,7-8,15H2,1-3H3;1H/t10-;/m0./s1. The van der Waals surface area contributed by atoms with Gasteiger partial charge in [-0.3, -0.25) is 4.79 Å². The number of rotatable bonds is 3. The number of fused-ring (bicyclic) bond motifs is 1. The van der Waals surface area contributed by atoms with E-state index < -0.39 is 11.6 Å². The number of likely N-dealkylation sites (N-methyl/N-ethyl adjacent to an activating group) is 1. The van der Waals surface area contributed by atoms with E-state index in [1.807, 2.05) is 0 Å². The van der Waals surface area contributed by atoms with Crippen molar-refractivity contribution in [3.63, 3.8) is 0 Å². The largest absolute Gasteiger partial charge is 0.491 e. The van der Waals surface area contributed by atoms with E-state index in [2.05, 4.69) is 0 Å². The van der Waals surface area contributed by atoms with Crippen LogP contribution in [0.1, 0.15) is 13.8 Å². The summed E-state index contributed by atoms with van der Waals surface area (Å²) >= 11 is 0. The highest BCUT2D eigenvalue weighted by Crippen LogP contribution is 2.34. The maximum atomic E-state index is 12.0. The fourth-order valence-electron chi connectivity index (χ4n) is 1.85. The van der Waals surface area contributed by atoms with Crippen molar-refractivity contribution in [2.75, 3.05) is 25.2 Å². The van der Waals surface area contributed by atoms with Crippen molar-refractivity contribution in [3.05, 3.63) is 18.2 Å². The van der Waals surface area contributed by atoms with Crippen LogP contribution >= 0.6 is 12.4 Å². The first-order chi connectivity index (χ1) is 9.28. The molecule has 0 fully saturated rings. The molecule has 2 rings (SSSR count). The maximum absolute atomic E-state index is 12.0. The van der Waals surface area contributed by atoms with Crippen LogP contribution in [0.15, 0.2) is 18.2 Å². The molecule has 0 aromatic heterocycles. The van der Waals surface area contributed by atoms with Gasteiger partial charge >= 0.3 is 0 Å².